The number of nitrogens with one attached hydrogen (secondary N) is 2. The van der Waals surface area contributed by atoms with Gasteiger partial charge in [-0.05, 0) is 36.2 Å². The molecule has 0 fully saturated rings. The number of hydrogen-bond acceptors (Lipinski definition) is 5. The lowest BCUT2D eigenvalue weighted by molar-refractivity contribution is 0.980. The third-order valence-electron chi connectivity index (χ3n) is 3.30. The smallest absolute Gasteiger partial charge is 0.249 e. The molecule has 0 spiro atoms. The van der Waals surface area contributed by atoms with Gasteiger partial charge >= 0.3 is 0 Å². The van der Waals surface area contributed by atoms with E-state index < -0.39 is 0 Å². The van der Waals surface area contributed by atoms with Gasteiger partial charge in [0.15, 0.2) is 5.82 Å². The molecule has 5 nitrogen and oxygen atoms in total. The molecule has 0 amide bonds. The van der Waals surface area contributed by atoms with Crippen LogP contribution in [0, 0.1) is 0 Å². The molecule has 0 saturated heterocycles. The van der Waals surface area contributed by atoms with Crippen LogP contribution in [0.3, 0.4) is 0 Å². The van der Waals surface area contributed by atoms with Gasteiger partial charge in [-0.15, -0.1) is 5.10 Å². The molecule has 0 aliphatic heterocycles. The van der Waals surface area contributed by atoms with Gasteiger partial charge in [0.2, 0.25) is 5.95 Å². The van der Waals surface area contributed by atoms with Gasteiger partial charge in [0.05, 0.1) is 6.20 Å². The van der Waals surface area contributed by atoms with Crippen molar-refractivity contribution in [3.8, 4) is 0 Å². The van der Waals surface area contributed by atoms with E-state index in [-0.39, 0.29) is 0 Å². The zero-order chi connectivity index (χ0) is 16.1. The standard InChI is InChI=1S/C17H16ClN5/c1-2-12-6-3-4-9-15(12)21-17-22-16(11-19-23-17)20-14-8-5-7-13(18)10-14/h3-11H,2H2,1H3,(H2,20,21,22,23). The number of nitrogens with zero attached hydrogens (tertiary/aromatic N) is 3. The van der Waals surface area contributed by atoms with Gasteiger partial charge in [-0.25, -0.2) is 0 Å². The van der Waals surface area contributed by atoms with Crippen molar-refractivity contribution in [2.24, 2.45) is 0 Å². The van der Waals surface area contributed by atoms with Crippen LogP contribution in [0.4, 0.5) is 23.1 Å². The summed E-state index contributed by atoms with van der Waals surface area (Å²) in [6.45, 7) is 2.11. The summed E-state index contributed by atoms with van der Waals surface area (Å²) >= 11 is 5.98. The highest BCUT2D eigenvalue weighted by Crippen LogP contribution is 2.21. The molecule has 2 N–H and O–H groups in total. The first-order valence-electron chi connectivity index (χ1n) is 7.32. The van der Waals surface area contributed by atoms with Crippen LogP contribution in [0.15, 0.2) is 54.7 Å². The summed E-state index contributed by atoms with van der Waals surface area (Å²) in [5, 5.41) is 15.0. The second-order valence-electron chi connectivity index (χ2n) is 4.94. The number of aryl methyl sites for hydroxylation is 1. The van der Waals surface area contributed by atoms with Gasteiger partial charge in [-0.2, -0.15) is 10.1 Å². The predicted molar refractivity (Wildman–Crippen MR) is 93.7 cm³/mol. The van der Waals surface area contributed by atoms with E-state index in [0.717, 1.165) is 17.8 Å². The SMILES string of the molecule is CCc1ccccc1Nc1nncc(Nc2cccc(Cl)c2)n1. The Labute approximate surface area is 139 Å². The number of rotatable bonds is 5. The largest absolute Gasteiger partial charge is 0.339 e. The zero-order valence-corrected chi connectivity index (χ0v) is 13.4. The topological polar surface area (TPSA) is 62.7 Å². The Morgan fingerprint density at radius 2 is 1.91 bits per heavy atom. The molecule has 2 aromatic carbocycles. The maximum absolute atomic E-state index is 5.98. The van der Waals surface area contributed by atoms with Crippen LogP contribution < -0.4 is 10.6 Å². The van der Waals surface area contributed by atoms with Crippen molar-refractivity contribution in [1.82, 2.24) is 15.2 Å². The molecule has 0 aliphatic rings. The van der Waals surface area contributed by atoms with E-state index in [1.165, 1.54) is 5.56 Å². The molecule has 23 heavy (non-hydrogen) atoms. The average molecular weight is 326 g/mol. The molecular weight excluding hydrogens is 310 g/mol. The molecule has 116 valence electrons. The fourth-order valence-electron chi connectivity index (χ4n) is 2.20. The fourth-order valence-corrected chi connectivity index (χ4v) is 2.39. The number of hydrogen-bond donors (Lipinski definition) is 2. The monoisotopic (exact) mass is 325 g/mol. The Balaban J connectivity index is 1.80. The quantitative estimate of drug-likeness (QED) is 0.719. The second-order valence-corrected chi connectivity index (χ2v) is 5.37. The van der Waals surface area contributed by atoms with Crippen LogP contribution in [0.5, 0.6) is 0 Å². The van der Waals surface area contributed by atoms with Crippen LogP contribution >= 0.6 is 11.6 Å². The zero-order valence-electron chi connectivity index (χ0n) is 12.6. The van der Waals surface area contributed by atoms with Gasteiger partial charge in [0.1, 0.15) is 0 Å². The van der Waals surface area contributed by atoms with Gasteiger partial charge in [0, 0.05) is 16.4 Å². The lowest BCUT2D eigenvalue weighted by Crippen LogP contribution is -2.03. The summed E-state index contributed by atoms with van der Waals surface area (Å²) in [5.41, 5.74) is 3.03. The second kappa shape index (κ2) is 7.07. The van der Waals surface area contributed by atoms with Crippen LogP contribution in [-0.4, -0.2) is 15.2 Å². The van der Waals surface area contributed by atoms with E-state index >= 15 is 0 Å². The Hall–Kier alpha value is -2.66. The molecule has 0 bridgehead atoms. The van der Waals surface area contributed by atoms with Crippen molar-refractivity contribution >= 4 is 34.7 Å². The molecule has 0 aliphatic carbocycles. The molecule has 1 aromatic heterocycles. The number of aromatic nitrogens is 3. The van der Waals surface area contributed by atoms with Gasteiger partial charge < -0.3 is 10.6 Å². The van der Waals surface area contributed by atoms with Crippen LogP contribution in [0.1, 0.15) is 12.5 Å². The summed E-state index contributed by atoms with van der Waals surface area (Å²) in [6.07, 6.45) is 2.49. The summed E-state index contributed by atoms with van der Waals surface area (Å²) in [7, 11) is 0. The molecule has 0 saturated carbocycles. The summed E-state index contributed by atoms with van der Waals surface area (Å²) in [6, 6.07) is 15.5. The first-order chi connectivity index (χ1) is 11.2. The third-order valence-corrected chi connectivity index (χ3v) is 3.54. The Bertz CT molecular complexity index is 806. The molecule has 6 heteroatoms. The molecule has 0 atom stereocenters. The highest BCUT2D eigenvalue weighted by Gasteiger charge is 2.05. The number of anilines is 4. The minimum absolute atomic E-state index is 0.443. The van der Waals surface area contributed by atoms with Crippen molar-refractivity contribution in [1.29, 1.82) is 0 Å². The lowest BCUT2D eigenvalue weighted by atomic mass is 10.1. The van der Waals surface area contributed by atoms with Gasteiger partial charge in [-0.1, -0.05) is 42.8 Å². The van der Waals surface area contributed by atoms with Crippen molar-refractivity contribution < 1.29 is 0 Å². The first kappa shape index (κ1) is 15.2. The van der Waals surface area contributed by atoms with Gasteiger partial charge in [0.25, 0.3) is 0 Å². The Morgan fingerprint density at radius 3 is 2.74 bits per heavy atom. The number of halogens is 1. The molecule has 3 aromatic rings. The minimum atomic E-state index is 0.443. The summed E-state index contributed by atoms with van der Waals surface area (Å²) < 4.78 is 0. The van der Waals surface area contributed by atoms with Crippen LogP contribution in [-0.2, 0) is 6.42 Å². The summed E-state index contributed by atoms with van der Waals surface area (Å²) in [4.78, 5) is 4.43. The molecule has 0 unspecified atom stereocenters. The van der Waals surface area contributed by atoms with Gasteiger partial charge in [-0.3, -0.25) is 0 Å². The normalized spacial score (nSPS) is 10.3. The molecule has 0 radical (unpaired) electrons. The first-order valence-corrected chi connectivity index (χ1v) is 7.69. The van der Waals surface area contributed by atoms with E-state index in [9.17, 15) is 0 Å². The van der Waals surface area contributed by atoms with Crippen LogP contribution in [0.2, 0.25) is 5.02 Å². The lowest BCUT2D eigenvalue weighted by Gasteiger charge is -2.10. The van der Waals surface area contributed by atoms with Crippen molar-refractivity contribution in [2.45, 2.75) is 13.3 Å². The fraction of sp³-hybridized carbons (Fsp3) is 0.118. The molecule has 3 rings (SSSR count). The van der Waals surface area contributed by atoms with Crippen molar-refractivity contribution in [2.75, 3.05) is 10.6 Å². The van der Waals surface area contributed by atoms with Crippen molar-refractivity contribution in [3.05, 3.63) is 65.3 Å². The molecule has 1 heterocycles. The van der Waals surface area contributed by atoms with Crippen molar-refractivity contribution in [3.63, 3.8) is 0 Å². The Kier molecular flexibility index (Phi) is 4.68. The van der Waals surface area contributed by atoms with E-state index in [4.69, 9.17) is 11.6 Å². The number of benzene rings is 2. The number of para-hydroxylation sites is 1. The third kappa shape index (κ3) is 3.96. The molecular formula is C17H16ClN5. The minimum Gasteiger partial charge on any atom is -0.339 e. The highest BCUT2D eigenvalue weighted by molar-refractivity contribution is 6.30. The van der Waals surface area contributed by atoms with E-state index in [1.807, 2.05) is 42.5 Å². The van der Waals surface area contributed by atoms with E-state index in [1.54, 1.807) is 6.20 Å². The maximum atomic E-state index is 5.98. The predicted octanol–water partition coefficient (Wildman–Crippen LogP) is 4.57. The van der Waals surface area contributed by atoms with E-state index in [2.05, 4.69) is 38.8 Å². The summed E-state index contributed by atoms with van der Waals surface area (Å²) in [5.74, 6) is 1.04. The average Bonchev–Trinajstić information content (AvgIpc) is 2.56. The Morgan fingerprint density at radius 1 is 1.04 bits per heavy atom. The highest BCUT2D eigenvalue weighted by atomic mass is 35.5. The van der Waals surface area contributed by atoms with E-state index in [0.29, 0.717) is 16.8 Å². The van der Waals surface area contributed by atoms with Crippen LogP contribution in [0.25, 0.3) is 0 Å². The maximum Gasteiger partial charge on any atom is 0.249 e.